The zero-order valence-electron chi connectivity index (χ0n) is 8.50. The molecule has 0 spiro atoms. The van der Waals surface area contributed by atoms with Gasteiger partial charge in [0.05, 0.1) is 11.4 Å². The molecule has 0 aliphatic rings. The standard InChI is InChI=1S/C13H10NO2/c15-13(16)14(11-7-3-1-4-8-11)12-9-5-2-6-10-12/h1-9H,(H,15,16). The summed E-state index contributed by atoms with van der Waals surface area (Å²) in [5, 5.41) is 9.19. The minimum absolute atomic E-state index is 0.515. The smallest absolute Gasteiger partial charge is 0.416 e. The lowest BCUT2D eigenvalue weighted by Gasteiger charge is -2.18. The Hall–Kier alpha value is -2.29. The highest BCUT2D eigenvalue weighted by molar-refractivity contribution is 5.94. The van der Waals surface area contributed by atoms with Crippen molar-refractivity contribution in [1.29, 1.82) is 0 Å². The van der Waals surface area contributed by atoms with Crippen LogP contribution < -0.4 is 4.90 Å². The van der Waals surface area contributed by atoms with Gasteiger partial charge in [0.2, 0.25) is 0 Å². The first-order valence-corrected chi connectivity index (χ1v) is 4.84. The highest BCUT2D eigenvalue weighted by Crippen LogP contribution is 2.24. The van der Waals surface area contributed by atoms with E-state index >= 15 is 0 Å². The van der Waals surface area contributed by atoms with Gasteiger partial charge in [-0.15, -0.1) is 0 Å². The molecule has 0 aliphatic heterocycles. The van der Waals surface area contributed by atoms with E-state index in [1.807, 2.05) is 6.07 Å². The van der Waals surface area contributed by atoms with Crippen LogP contribution in [0.1, 0.15) is 0 Å². The largest absolute Gasteiger partial charge is 0.464 e. The maximum Gasteiger partial charge on any atom is 0.416 e. The van der Waals surface area contributed by atoms with E-state index in [1.165, 1.54) is 4.90 Å². The average molecular weight is 212 g/mol. The van der Waals surface area contributed by atoms with Gasteiger partial charge in [0.1, 0.15) is 0 Å². The maximum absolute atomic E-state index is 11.2. The highest BCUT2D eigenvalue weighted by Gasteiger charge is 2.15. The molecule has 0 heterocycles. The van der Waals surface area contributed by atoms with Gasteiger partial charge < -0.3 is 5.11 Å². The fraction of sp³-hybridized carbons (Fsp3) is 0. The molecule has 0 saturated carbocycles. The monoisotopic (exact) mass is 212 g/mol. The lowest BCUT2D eigenvalue weighted by molar-refractivity contribution is 0.205. The fourth-order valence-corrected chi connectivity index (χ4v) is 1.45. The van der Waals surface area contributed by atoms with Gasteiger partial charge in [-0.1, -0.05) is 36.4 Å². The van der Waals surface area contributed by atoms with Gasteiger partial charge >= 0.3 is 6.09 Å². The first-order valence-electron chi connectivity index (χ1n) is 4.84. The minimum atomic E-state index is -1.02. The van der Waals surface area contributed by atoms with Crippen molar-refractivity contribution in [2.24, 2.45) is 0 Å². The van der Waals surface area contributed by atoms with Gasteiger partial charge in [0.25, 0.3) is 0 Å². The molecule has 0 bridgehead atoms. The van der Waals surface area contributed by atoms with Crippen molar-refractivity contribution in [3.05, 3.63) is 60.7 Å². The number of benzene rings is 2. The van der Waals surface area contributed by atoms with Crippen LogP contribution in [0.5, 0.6) is 0 Å². The fourth-order valence-electron chi connectivity index (χ4n) is 1.45. The van der Waals surface area contributed by atoms with Crippen LogP contribution in [-0.4, -0.2) is 11.2 Å². The molecule has 3 nitrogen and oxygen atoms in total. The summed E-state index contributed by atoms with van der Waals surface area (Å²) >= 11 is 0. The second-order valence-electron chi connectivity index (χ2n) is 3.20. The molecule has 1 radical (unpaired) electrons. The molecular formula is C13H10NO2. The summed E-state index contributed by atoms with van der Waals surface area (Å²) in [6.07, 6.45) is -1.02. The van der Waals surface area contributed by atoms with E-state index in [0.29, 0.717) is 11.4 Å². The summed E-state index contributed by atoms with van der Waals surface area (Å²) in [6, 6.07) is 18.8. The number of nitrogens with zero attached hydrogens (tertiary/aromatic N) is 1. The molecule has 0 aliphatic carbocycles. The van der Waals surface area contributed by atoms with Crippen LogP contribution in [0.15, 0.2) is 54.6 Å². The second-order valence-corrected chi connectivity index (χ2v) is 3.20. The van der Waals surface area contributed by atoms with Gasteiger partial charge in [-0.3, -0.25) is 0 Å². The van der Waals surface area contributed by atoms with Crippen molar-refractivity contribution in [3.63, 3.8) is 0 Å². The Bertz CT molecular complexity index is 428. The number of carbonyl (C=O) groups is 1. The van der Waals surface area contributed by atoms with Crippen LogP contribution >= 0.6 is 0 Å². The number of amides is 1. The Balaban J connectivity index is 2.44. The number of rotatable bonds is 2. The number of anilines is 2. The normalized spacial score (nSPS) is 9.75. The summed E-state index contributed by atoms with van der Waals surface area (Å²) in [6.45, 7) is 0. The van der Waals surface area contributed by atoms with E-state index in [9.17, 15) is 9.90 Å². The van der Waals surface area contributed by atoms with Crippen molar-refractivity contribution in [1.82, 2.24) is 0 Å². The van der Waals surface area contributed by atoms with Gasteiger partial charge in [-0.05, 0) is 18.2 Å². The van der Waals surface area contributed by atoms with Crippen LogP contribution in [0.4, 0.5) is 16.2 Å². The SMILES string of the molecule is O=C(O)N(c1[c]cccc1)c1ccccc1. The molecule has 1 N–H and O–H groups in total. The Kier molecular flexibility index (Phi) is 2.87. The highest BCUT2D eigenvalue weighted by atomic mass is 16.4. The average Bonchev–Trinajstić information content (AvgIpc) is 2.31. The zero-order chi connectivity index (χ0) is 11.4. The van der Waals surface area contributed by atoms with Crippen LogP contribution in [0, 0.1) is 6.07 Å². The molecule has 1 amide bonds. The Morgan fingerprint density at radius 1 is 1.06 bits per heavy atom. The quantitative estimate of drug-likeness (QED) is 0.829. The summed E-state index contributed by atoms with van der Waals surface area (Å²) < 4.78 is 0. The summed E-state index contributed by atoms with van der Waals surface area (Å²) in [7, 11) is 0. The number of carboxylic acid groups (broad SMARTS) is 1. The third-order valence-corrected chi connectivity index (χ3v) is 2.14. The molecule has 16 heavy (non-hydrogen) atoms. The van der Waals surface area contributed by atoms with Gasteiger partial charge in [-0.25, -0.2) is 9.69 Å². The van der Waals surface area contributed by atoms with Crippen LogP contribution in [0.2, 0.25) is 0 Å². The number of hydrogen-bond donors (Lipinski definition) is 1. The topological polar surface area (TPSA) is 40.5 Å². The van der Waals surface area contributed by atoms with Crippen molar-refractivity contribution in [3.8, 4) is 0 Å². The molecule has 0 unspecified atom stereocenters. The van der Waals surface area contributed by atoms with E-state index in [4.69, 9.17) is 0 Å². The Labute approximate surface area is 93.6 Å². The summed E-state index contributed by atoms with van der Waals surface area (Å²) in [4.78, 5) is 12.4. The molecule has 0 fully saturated rings. The van der Waals surface area contributed by atoms with Crippen molar-refractivity contribution in [2.75, 3.05) is 4.90 Å². The second kappa shape index (κ2) is 4.49. The van der Waals surface area contributed by atoms with Crippen LogP contribution in [-0.2, 0) is 0 Å². The molecule has 0 aromatic heterocycles. The van der Waals surface area contributed by atoms with E-state index < -0.39 is 6.09 Å². The van der Waals surface area contributed by atoms with E-state index in [1.54, 1.807) is 48.5 Å². The molecule has 3 heteroatoms. The summed E-state index contributed by atoms with van der Waals surface area (Å²) in [5.41, 5.74) is 1.12. The third-order valence-electron chi connectivity index (χ3n) is 2.14. The molecule has 0 saturated heterocycles. The first-order chi connectivity index (χ1) is 7.79. The molecule has 2 rings (SSSR count). The van der Waals surface area contributed by atoms with Crippen LogP contribution in [0.3, 0.4) is 0 Å². The van der Waals surface area contributed by atoms with Gasteiger partial charge in [0.15, 0.2) is 0 Å². The lowest BCUT2D eigenvalue weighted by atomic mass is 10.2. The van der Waals surface area contributed by atoms with E-state index in [2.05, 4.69) is 6.07 Å². The molecule has 0 atom stereocenters. The predicted octanol–water partition coefficient (Wildman–Crippen LogP) is 3.30. The minimum Gasteiger partial charge on any atom is -0.464 e. The van der Waals surface area contributed by atoms with E-state index in [-0.39, 0.29) is 0 Å². The molecule has 2 aromatic rings. The molecule has 79 valence electrons. The number of para-hydroxylation sites is 2. The van der Waals surface area contributed by atoms with Crippen LogP contribution in [0.25, 0.3) is 0 Å². The Morgan fingerprint density at radius 2 is 1.75 bits per heavy atom. The predicted molar refractivity (Wildman–Crippen MR) is 61.9 cm³/mol. The number of hydrogen-bond acceptors (Lipinski definition) is 1. The lowest BCUT2D eigenvalue weighted by Crippen LogP contribution is -2.23. The summed E-state index contributed by atoms with van der Waals surface area (Å²) in [5.74, 6) is 0. The zero-order valence-corrected chi connectivity index (χ0v) is 8.50. The van der Waals surface area contributed by atoms with Crippen molar-refractivity contribution in [2.45, 2.75) is 0 Å². The third kappa shape index (κ3) is 2.03. The van der Waals surface area contributed by atoms with E-state index in [0.717, 1.165) is 0 Å². The van der Waals surface area contributed by atoms with Gasteiger partial charge in [-0.2, -0.15) is 0 Å². The molecule has 2 aromatic carbocycles. The maximum atomic E-state index is 11.2. The Morgan fingerprint density at radius 3 is 2.31 bits per heavy atom. The molecular weight excluding hydrogens is 202 g/mol. The van der Waals surface area contributed by atoms with Crippen molar-refractivity contribution < 1.29 is 9.90 Å². The van der Waals surface area contributed by atoms with Gasteiger partial charge in [0, 0.05) is 6.07 Å². The van der Waals surface area contributed by atoms with Crippen molar-refractivity contribution >= 4 is 17.5 Å². The first kappa shape index (κ1) is 10.2.